The van der Waals surface area contributed by atoms with Gasteiger partial charge in [-0.15, -0.1) is 0 Å². The molecular weight excluding hydrogens is 238 g/mol. The number of benzene rings is 1. The maximum Gasteiger partial charge on any atom is 0.195 e. The van der Waals surface area contributed by atoms with E-state index in [1.807, 2.05) is 0 Å². The summed E-state index contributed by atoms with van der Waals surface area (Å²) in [7, 11) is 0. The van der Waals surface area contributed by atoms with Crippen LogP contribution in [0.5, 0.6) is 0 Å². The number of rotatable bonds is 6. The lowest BCUT2D eigenvalue weighted by molar-refractivity contribution is -0.171. The molecule has 1 aliphatic heterocycles. The fraction of sp³-hybridized carbons (Fsp3) is 0.625. The summed E-state index contributed by atoms with van der Waals surface area (Å²) < 4.78 is 11.8. The van der Waals surface area contributed by atoms with Gasteiger partial charge in [0, 0.05) is 12.0 Å². The Balaban J connectivity index is 2.18. The van der Waals surface area contributed by atoms with Crippen LogP contribution in [0, 0.1) is 0 Å². The molecule has 0 aliphatic carbocycles. The molecule has 106 valence electrons. The van der Waals surface area contributed by atoms with E-state index >= 15 is 0 Å². The predicted octanol–water partition coefficient (Wildman–Crippen LogP) is 3.14. The summed E-state index contributed by atoms with van der Waals surface area (Å²) in [6, 6.07) is 8.67. The van der Waals surface area contributed by atoms with Gasteiger partial charge in [-0.3, -0.25) is 0 Å². The van der Waals surface area contributed by atoms with E-state index in [4.69, 9.17) is 15.2 Å². The van der Waals surface area contributed by atoms with Crippen molar-refractivity contribution >= 4 is 0 Å². The second-order valence-corrected chi connectivity index (χ2v) is 5.27. The predicted molar refractivity (Wildman–Crippen MR) is 77.0 cm³/mol. The summed E-state index contributed by atoms with van der Waals surface area (Å²) in [5.74, 6) is 0.0346. The van der Waals surface area contributed by atoms with Crippen molar-refractivity contribution in [3.05, 3.63) is 35.4 Å². The van der Waals surface area contributed by atoms with Crippen LogP contribution in [0.2, 0.25) is 0 Å². The van der Waals surface area contributed by atoms with Gasteiger partial charge in [-0.25, -0.2) is 0 Å². The molecule has 0 amide bonds. The Bertz CT molecular complexity index is 382. The maximum absolute atomic E-state index is 5.88. The molecule has 1 unspecified atom stereocenters. The normalized spacial score (nSPS) is 19.5. The molecule has 1 aromatic rings. The van der Waals surface area contributed by atoms with Crippen molar-refractivity contribution in [2.75, 3.05) is 19.8 Å². The molecule has 0 saturated carbocycles. The molecule has 1 saturated heterocycles. The zero-order chi connectivity index (χ0) is 13.7. The van der Waals surface area contributed by atoms with Crippen LogP contribution in [0.4, 0.5) is 0 Å². The van der Waals surface area contributed by atoms with Crippen LogP contribution in [0.3, 0.4) is 0 Å². The highest BCUT2D eigenvalue weighted by Gasteiger charge is 2.37. The Morgan fingerprint density at radius 2 is 1.84 bits per heavy atom. The molecule has 2 rings (SSSR count). The average Bonchev–Trinajstić information content (AvgIpc) is 2.94. The van der Waals surface area contributed by atoms with Gasteiger partial charge in [0.15, 0.2) is 5.79 Å². The van der Waals surface area contributed by atoms with Crippen molar-refractivity contribution in [1.29, 1.82) is 0 Å². The monoisotopic (exact) mass is 263 g/mol. The molecule has 3 heteroatoms. The SMILES string of the molecule is CCC(C)c1ccc(C2(CCCN)OCCO2)cc1. The summed E-state index contributed by atoms with van der Waals surface area (Å²) in [6.45, 7) is 6.46. The van der Waals surface area contributed by atoms with E-state index in [2.05, 4.69) is 38.1 Å². The van der Waals surface area contributed by atoms with Gasteiger partial charge in [0.2, 0.25) is 0 Å². The van der Waals surface area contributed by atoms with Crippen molar-refractivity contribution < 1.29 is 9.47 Å². The Labute approximate surface area is 116 Å². The van der Waals surface area contributed by atoms with E-state index in [0.717, 1.165) is 24.8 Å². The highest BCUT2D eigenvalue weighted by molar-refractivity contribution is 5.28. The third-order valence-corrected chi connectivity index (χ3v) is 4.00. The molecule has 1 atom stereocenters. The summed E-state index contributed by atoms with van der Waals surface area (Å²) in [4.78, 5) is 0. The van der Waals surface area contributed by atoms with E-state index in [9.17, 15) is 0 Å². The summed E-state index contributed by atoms with van der Waals surface area (Å²) in [5, 5.41) is 0. The summed E-state index contributed by atoms with van der Waals surface area (Å²) >= 11 is 0. The third-order valence-electron chi connectivity index (χ3n) is 4.00. The summed E-state index contributed by atoms with van der Waals surface area (Å²) in [5.41, 5.74) is 8.10. The van der Waals surface area contributed by atoms with Crippen LogP contribution in [-0.4, -0.2) is 19.8 Å². The van der Waals surface area contributed by atoms with E-state index in [0.29, 0.717) is 25.7 Å². The standard InChI is InChI=1S/C16H25NO2/c1-3-13(2)14-5-7-15(8-6-14)16(9-4-10-17)18-11-12-19-16/h5-8,13H,3-4,9-12,17H2,1-2H3. The first-order valence-corrected chi connectivity index (χ1v) is 7.30. The van der Waals surface area contributed by atoms with Crippen molar-refractivity contribution in [1.82, 2.24) is 0 Å². The van der Waals surface area contributed by atoms with Crippen molar-refractivity contribution in [2.24, 2.45) is 5.73 Å². The highest BCUT2D eigenvalue weighted by atomic mass is 16.7. The zero-order valence-electron chi connectivity index (χ0n) is 12.0. The Kier molecular flexibility index (Phi) is 4.97. The van der Waals surface area contributed by atoms with Gasteiger partial charge in [0.1, 0.15) is 0 Å². The quantitative estimate of drug-likeness (QED) is 0.857. The first kappa shape index (κ1) is 14.5. The second-order valence-electron chi connectivity index (χ2n) is 5.27. The molecule has 1 aromatic carbocycles. The van der Waals surface area contributed by atoms with Gasteiger partial charge in [0.05, 0.1) is 13.2 Å². The molecule has 1 aliphatic rings. The minimum Gasteiger partial charge on any atom is -0.343 e. The van der Waals surface area contributed by atoms with Crippen LogP contribution in [0.1, 0.15) is 50.2 Å². The number of hydrogen-bond donors (Lipinski definition) is 1. The van der Waals surface area contributed by atoms with Crippen LogP contribution < -0.4 is 5.73 Å². The van der Waals surface area contributed by atoms with Gasteiger partial charge in [-0.2, -0.15) is 0 Å². The van der Waals surface area contributed by atoms with Gasteiger partial charge < -0.3 is 15.2 Å². The molecule has 3 nitrogen and oxygen atoms in total. The smallest absolute Gasteiger partial charge is 0.195 e. The van der Waals surface area contributed by atoms with Crippen molar-refractivity contribution in [3.63, 3.8) is 0 Å². The molecule has 2 N–H and O–H groups in total. The third kappa shape index (κ3) is 3.16. The summed E-state index contributed by atoms with van der Waals surface area (Å²) in [6.07, 6.45) is 2.89. The molecular formula is C16H25NO2. The number of ether oxygens (including phenoxy) is 2. The Hall–Kier alpha value is -0.900. The minimum absolute atomic E-state index is 0.562. The Morgan fingerprint density at radius 1 is 1.21 bits per heavy atom. The van der Waals surface area contributed by atoms with Crippen LogP contribution in [0.15, 0.2) is 24.3 Å². The lowest BCUT2D eigenvalue weighted by Gasteiger charge is -2.28. The van der Waals surface area contributed by atoms with Crippen LogP contribution in [-0.2, 0) is 15.3 Å². The average molecular weight is 263 g/mol. The molecule has 1 fully saturated rings. The van der Waals surface area contributed by atoms with E-state index in [1.54, 1.807) is 0 Å². The zero-order valence-corrected chi connectivity index (χ0v) is 12.0. The number of nitrogens with two attached hydrogens (primary N) is 1. The van der Waals surface area contributed by atoms with Crippen LogP contribution >= 0.6 is 0 Å². The minimum atomic E-state index is -0.562. The van der Waals surface area contributed by atoms with E-state index in [-0.39, 0.29) is 0 Å². The lowest BCUT2D eigenvalue weighted by atomic mass is 9.94. The maximum atomic E-state index is 5.88. The van der Waals surface area contributed by atoms with Gasteiger partial charge in [-0.1, -0.05) is 38.1 Å². The first-order valence-electron chi connectivity index (χ1n) is 7.30. The largest absolute Gasteiger partial charge is 0.343 e. The van der Waals surface area contributed by atoms with Crippen molar-refractivity contribution in [3.8, 4) is 0 Å². The lowest BCUT2D eigenvalue weighted by Crippen LogP contribution is -2.28. The molecule has 0 spiro atoms. The first-order chi connectivity index (χ1) is 9.22. The van der Waals surface area contributed by atoms with E-state index in [1.165, 1.54) is 5.56 Å². The molecule has 19 heavy (non-hydrogen) atoms. The topological polar surface area (TPSA) is 44.5 Å². The number of hydrogen-bond acceptors (Lipinski definition) is 3. The fourth-order valence-electron chi connectivity index (χ4n) is 2.55. The van der Waals surface area contributed by atoms with Crippen molar-refractivity contribution in [2.45, 2.75) is 44.8 Å². The highest BCUT2D eigenvalue weighted by Crippen LogP contribution is 2.36. The second kappa shape index (κ2) is 6.51. The Morgan fingerprint density at radius 3 is 2.37 bits per heavy atom. The molecule has 0 radical (unpaired) electrons. The molecule has 0 aromatic heterocycles. The molecule has 1 heterocycles. The fourth-order valence-corrected chi connectivity index (χ4v) is 2.55. The van der Waals surface area contributed by atoms with Gasteiger partial charge >= 0.3 is 0 Å². The van der Waals surface area contributed by atoms with Crippen LogP contribution in [0.25, 0.3) is 0 Å². The van der Waals surface area contributed by atoms with Gasteiger partial charge in [0.25, 0.3) is 0 Å². The molecule has 0 bridgehead atoms. The van der Waals surface area contributed by atoms with Gasteiger partial charge in [-0.05, 0) is 30.9 Å². The van der Waals surface area contributed by atoms with E-state index < -0.39 is 5.79 Å².